The van der Waals surface area contributed by atoms with Crippen molar-refractivity contribution < 1.29 is 31.2 Å². The van der Waals surface area contributed by atoms with Crippen LogP contribution in [0.2, 0.25) is 0 Å². The maximum Gasteiger partial charge on any atom is 0.421 e. The third-order valence-corrected chi connectivity index (χ3v) is 13.3. The first-order valence-corrected chi connectivity index (χ1v) is 20.6. The highest BCUT2D eigenvalue weighted by Gasteiger charge is 2.38. The highest BCUT2D eigenvalue weighted by Crippen LogP contribution is 2.37. The van der Waals surface area contributed by atoms with Crippen LogP contribution in [0.15, 0.2) is 53.6 Å². The zero-order chi connectivity index (χ0) is 39.2. The van der Waals surface area contributed by atoms with Crippen LogP contribution in [0.5, 0.6) is 0 Å². The van der Waals surface area contributed by atoms with Gasteiger partial charge in [-0.2, -0.15) is 27.6 Å². The predicted molar refractivity (Wildman–Crippen MR) is 204 cm³/mol. The molecule has 0 spiro atoms. The molecule has 4 aliphatic rings. The van der Waals surface area contributed by atoms with Crippen molar-refractivity contribution in [2.45, 2.75) is 74.5 Å². The fourth-order valence-electron chi connectivity index (χ4n) is 8.35. The number of rotatable bonds is 9. The van der Waals surface area contributed by atoms with Crippen LogP contribution in [0.3, 0.4) is 0 Å². The van der Waals surface area contributed by atoms with E-state index in [-0.39, 0.29) is 54.7 Å². The Kier molecular flexibility index (Phi) is 10.4. The average Bonchev–Trinajstić information content (AvgIpc) is 3.83. The van der Waals surface area contributed by atoms with Gasteiger partial charge in [0.15, 0.2) is 5.82 Å². The number of anilines is 3. The number of carbonyl (C=O) groups excluding carboxylic acids is 2. The molecule has 18 heteroatoms. The second-order valence-corrected chi connectivity index (χ2v) is 17.1. The normalized spacial score (nSPS) is 19.9. The first kappa shape index (κ1) is 38.1. The number of sulfonamides is 1. The number of urea groups is 1. The molecule has 2 N–H and O–H groups in total. The van der Waals surface area contributed by atoms with Crippen LogP contribution in [-0.4, -0.2) is 101 Å². The van der Waals surface area contributed by atoms with E-state index in [4.69, 9.17) is 0 Å². The van der Waals surface area contributed by atoms with E-state index in [1.807, 2.05) is 19.2 Å². The number of imide groups is 1. The van der Waals surface area contributed by atoms with E-state index in [9.17, 15) is 31.2 Å². The van der Waals surface area contributed by atoms with E-state index < -0.39 is 27.8 Å². The molecule has 0 saturated carbocycles. The largest absolute Gasteiger partial charge is 0.421 e. The Labute approximate surface area is 323 Å². The number of benzene rings is 2. The summed E-state index contributed by atoms with van der Waals surface area (Å²) in [6.45, 7) is 4.15. The SMILES string of the molecule is Cn1nc(N2CCC(=O)NC2=O)c2ccc(C3CCN(Cc4cccc(S(=O)(=O)N5CCC(Nc6ncc(C(F)(F)F)c(N7CCCC7)n6)CC5)c4)CC3)cc21. The van der Waals surface area contributed by atoms with Gasteiger partial charge in [0.1, 0.15) is 11.4 Å². The zero-order valence-electron chi connectivity index (χ0n) is 31.1. The van der Waals surface area contributed by atoms with Crippen LogP contribution in [0, 0.1) is 0 Å². The number of carbonyl (C=O) groups is 2. The van der Waals surface area contributed by atoms with Gasteiger partial charge < -0.3 is 10.2 Å². The molecule has 4 fully saturated rings. The minimum absolute atomic E-state index is 0.110. The molecule has 0 radical (unpaired) electrons. The molecule has 8 rings (SSSR count). The summed E-state index contributed by atoms with van der Waals surface area (Å²) < 4.78 is 71.9. The number of hydrogen-bond acceptors (Lipinski definition) is 10. The van der Waals surface area contributed by atoms with Gasteiger partial charge in [-0.05, 0) is 92.9 Å². The summed E-state index contributed by atoms with van der Waals surface area (Å²) in [5.74, 6) is 0.600. The molecule has 4 saturated heterocycles. The number of aromatic nitrogens is 4. The molecule has 56 heavy (non-hydrogen) atoms. The number of aryl methyl sites for hydroxylation is 1. The average molecular weight is 795 g/mol. The fraction of sp³-hybridized carbons (Fsp3) is 0.500. The molecular formula is C38H45F3N10O4S. The molecule has 6 heterocycles. The highest BCUT2D eigenvalue weighted by atomic mass is 32.2. The van der Waals surface area contributed by atoms with E-state index in [0.29, 0.717) is 44.2 Å². The molecule has 3 amide bonds. The van der Waals surface area contributed by atoms with Gasteiger partial charge in [-0.15, -0.1) is 0 Å². The first-order chi connectivity index (χ1) is 26.8. The van der Waals surface area contributed by atoms with Crippen molar-refractivity contribution in [3.05, 3.63) is 65.4 Å². The maximum atomic E-state index is 13.8. The van der Waals surface area contributed by atoms with E-state index in [0.717, 1.165) is 61.4 Å². The number of amides is 3. The van der Waals surface area contributed by atoms with Crippen molar-refractivity contribution in [1.82, 2.24) is 34.3 Å². The summed E-state index contributed by atoms with van der Waals surface area (Å²) in [4.78, 5) is 38.1. The summed E-state index contributed by atoms with van der Waals surface area (Å²) in [7, 11) is -1.91. The van der Waals surface area contributed by atoms with Crippen molar-refractivity contribution in [1.29, 1.82) is 0 Å². The molecular weight excluding hydrogens is 750 g/mol. The van der Waals surface area contributed by atoms with Crippen molar-refractivity contribution in [2.75, 3.05) is 60.9 Å². The molecule has 2 aromatic heterocycles. The van der Waals surface area contributed by atoms with Crippen LogP contribution in [-0.2, 0) is 34.6 Å². The van der Waals surface area contributed by atoms with Crippen molar-refractivity contribution in [3.8, 4) is 0 Å². The smallest absolute Gasteiger partial charge is 0.356 e. The molecule has 2 aromatic carbocycles. The Hall–Kier alpha value is -4.81. The number of hydrogen-bond donors (Lipinski definition) is 2. The van der Waals surface area contributed by atoms with Crippen LogP contribution >= 0.6 is 0 Å². The van der Waals surface area contributed by atoms with Crippen LogP contribution in [0.4, 0.5) is 35.5 Å². The molecule has 0 aliphatic carbocycles. The van der Waals surface area contributed by atoms with Crippen LogP contribution in [0.25, 0.3) is 10.9 Å². The van der Waals surface area contributed by atoms with Gasteiger partial charge in [-0.1, -0.05) is 18.2 Å². The second kappa shape index (κ2) is 15.3. The lowest BCUT2D eigenvalue weighted by Gasteiger charge is -2.33. The lowest BCUT2D eigenvalue weighted by atomic mass is 9.89. The van der Waals surface area contributed by atoms with Gasteiger partial charge in [0.05, 0.1) is 10.4 Å². The number of halogens is 3. The summed E-state index contributed by atoms with van der Waals surface area (Å²) in [6, 6.07) is 12.7. The molecule has 14 nitrogen and oxygen atoms in total. The molecule has 0 unspecified atom stereocenters. The van der Waals surface area contributed by atoms with Gasteiger partial charge in [0.2, 0.25) is 21.9 Å². The number of alkyl halides is 3. The van der Waals surface area contributed by atoms with E-state index >= 15 is 0 Å². The Morgan fingerprint density at radius 2 is 1.66 bits per heavy atom. The summed E-state index contributed by atoms with van der Waals surface area (Å²) >= 11 is 0. The van der Waals surface area contributed by atoms with E-state index in [1.54, 1.807) is 27.8 Å². The van der Waals surface area contributed by atoms with Gasteiger partial charge in [-0.25, -0.2) is 18.2 Å². The fourth-order valence-corrected chi connectivity index (χ4v) is 9.89. The summed E-state index contributed by atoms with van der Waals surface area (Å²) in [5, 5.41) is 11.0. The first-order valence-electron chi connectivity index (χ1n) is 19.2. The monoisotopic (exact) mass is 794 g/mol. The second-order valence-electron chi connectivity index (χ2n) is 15.1. The number of piperidine rings is 2. The highest BCUT2D eigenvalue weighted by molar-refractivity contribution is 7.89. The van der Waals surface area contributed by atoms with Gasteiger partial charge >= 0.3 is 12.2 Å². The van der Waals surface area contributed by atoms with Crippen LogP contribution < -0.4 is 20.4 Å². The third kappa shape index (κ3) is 7.78. The summed E-state index contributed by atoms with van der Waals surface area (Å²) in [5.41, 5.74) is 2.19. The molecule has 0 bridgehead atoms. The maximum absolute atomic E-state index is 13.8. The Bertz CT molecular complexity index is 2230. The lowest BCUT2D eigenvalue weighted by Crippen LogP contribution is -2.49. The molecule has 0 atom stereocenters. The Morgan fingerprint density at radius 1 is 0.911 bits per heavy atom. The van der Waals surface area contributed by atoms with Gasteiger partial charge in [0, 0.05) is 70.4 Å². The quantitative estimate of drug-likeness (QED) is 0.235. The zero-order valence-corrected chi connectivity index (χ0v) is 31.9. The van der Waals surface area contributed by atoms with Crippen LogP contribution in [0.1, 0.15) is 67.6 Å². The van der Waals surface area contributed by atoms with E-state index in [1.165, 1.54) is 14.8 Å². The van der Waals surface area contributed by atoms with E-state index in [2.05, 4.69) is 42.7 Å². The standard InChI is InChI=1S/C38H45F3N10O4S/c1-47-32-22-27(7-8-30(32)34(46-47)51-20-13-33(52)44-37(51)53)26-9-16-48(17-10-26)24-25-5-4-6-29(21-25)56(54,55)50-18-11-28(12-19-50)43-36-42-23-31(38(39,40)41)35(45-36)49-14-2-3-15-49/h4-8,21-23,26,28H,2-3,9-20,24H2,1H3,(H,42,43,45)(H,44,52,53). The lowest BCUT2D eigenvalue weighted by molar-refractivity contribution is -0.137. The van der Waals surface area contributed by atoms with Gasteiger partial charge in [-0.3, -0.25) is 24.6 Å². The number of likely N-dealkylation sites (tertiary alicyclic amines) is 1. The third-order valence-electron chi connectivity index (χ3n) is 11.4. The minimum Gasteiger partial charge on any atom is -0.356 e. The predicted octanol–water partition coefficient (Wildman–Crippen LogP) is 5.07. The Balaban J connectivity index is 0.857. The van der Waals surface area contributed by atoms with Crippen molar-refractivity contribution in [3.63, 3.8) is 0 Å². The van der Waals surface area contributed by atoms with Crippen molar-refractivity contribution >= 4 is 50.4 Å². The van der Waals surface area contributed by atoms with Gasteiger partial charge in [0.25, 0.3) is 0 Å². The molecule has 4 aliphatic heterocycles. The number of nitrogens with zero attached hydrogens (tertiary/aromatic N) is 8. The van der Waals surface area contributed by atoms with Crippen molar-refractivity contribution in [2.24, 2.45) is 7.05 Å². The minimum atomic E-state index is -4.56. The Morgan fingerprint density at radius 3 is 2.38 bits per heavy atom. The number of nitrogens with one attached hydrogen (secondary N) is 2. The number of fused-ring (bicyclic) bond motifs is 1. The summed E-state index contributed by atoms with van der Waals surface area (Å²) in [6.07, 6.45) is 0.916. The molecule has 298 valence electrons. The molecule has 4 aromatic rings. The topological polar surface area (TPSA) is 149 Å².